The predicted molar refractivity (Wildman–Crippen MR) is 146 cm³/mol. The van der Waals surface area contributed by atoms with Crippen molar-refractivity contribution in [2.45, 2.75) is 58.8 Å². The summed E-state index contributed by atoms with van der Waals surface area (Å²) in [5.41, 5.74) is 1.19. The summed E-state index contributed by atoms with van der Waals surface area (Å²) in [7, 11) is 3.33. The molecule has 0 aliphatic carbocycles. The molecule has 3 rings (SSSR count). The maximum Gasteiger partial charge on any atom is 0.410 e. The molecule has 0 N–H and O–H groups in total. The SMILES string of the molecule is CC(C)Oc1ccc(C=CC(=O)N(C)c2ccc(N3CCC(N(C)C(=O)OC(C)(C)C)C3)c(F)c2)cc1. The zero-order valence-electron chi connectivity index (χ0n) is 22.8. The van der Waals surface area contributed by atoms with E-state index in [1.807, 2.05) is 63.8 Å². The average molecular weight is 512 g/mol. The number of anilines is 2. The highest BCUT2D eigenvalue weighted by atomic mass is 19.1. The van der Waals surface area contributed by atoms with Gasteiger partial charge in [-0.05, 0) is 83.0 Å². The first-order valence-electron chi connectivity index (χ1n) is 12.6. The maximum atomic E-state index is 15.1. The third kappa shape index (κ3) is 7.71. The van der Waals surface area contributed by atoms with Gasteiger partial charge in [0.25, 0.3) is 5.91 Å². The molecule has 1 aliphatic heterocycles. The predicted octanol–water partition coefficient (Wildman–Crippen LogP) is 5.73. The molecule has 8 heteroatoms. The Bertz CT molecular complexity index is 1120. The lowest BCUT2D eigenvalue weighted by molar-refractivity contribution is -0.113. The quantitative estimate of drug-likeness (QED) is 0.444. The van der Waals surface area contributed by atoms with Crippen molar-refractivity contribution >= 4 is 29.5 Å². The number of halogens is 1. The molecule has 0 radical (unpaired) electrons. The van der Waals surface area contributed by atoms with Crippen molar-refractivity contribution in [1.82, 2.24) is 4.90 Å². The van der Waals surface area contributed by atoms with Crippen LogP contribution in [0.15, 0.2) is 48.5 Å². The lowest BCUT2D eigenvalue weighted by atomic mass is 10.2. The number of ether oxygens (including phenoxy) is 2. The molecule has 2 amide bonds. The normalized spacial score (nSPS) is 15.8. The molecule has 1 fully saturated rings. The number of likely N-dealkylation sites (N-methyl/N-ethyl adjacent to an activating group) is 2. The van der Waals surface area contributed by atoms with Gasteiger partial charge in [0.2, 0.25) is 0 Å². The van der Waals surface area contributed by atoms with Gasteiger partial charge in [-0.2, -0.15) is 0 Å². The van der Waals surface area contributed by atoms with Gasteiger partial charge in [-0.25, -0.2) is 9.18 Å². The van der Waals surface area contributed by atoms with Gasteiger partial charge in [-0.3, -0.25) is 4.79 Å². The van der Waals surface area contributed by atoms with Crippen LogP contribution in [0.1, 0.15) is 46.6 Å². The van der Waals surface area contributed by atoms with Gasteiger partial charge in [0.15, 0.2) is 0 Å². The Morgan fingerprint density at radius 3 is 2.38 bits per heavy atom. The standard InChI is InChI=1S/C29H38FN3O4/c1-20(2)36-24-12-8-21(9-13-24)10-15-27(34)31(6)22-11-14-26(25(30)18-22)33-17-16-23(19-33)32(7)28(35)37-29(3,4)5/h8-15,18,20,23H,16-17,19H2,1-7H3. The van der Waals surface area contributed by atoms with E-state index in [9.17, 15) is 9.59 Å². The van der Waals surface area contributed by atoms with Gasteiger partial charge in [0.05, 0.1) is 17.8 Å². The molecule has 0 spiro atoms. The van der Waals surface area contributed by atoms with E-state index in [4.69, 9.17) is 9.47 Å². The Labute approximate surface area is 219 Å². The van der Waals surface area contributed by atoms with Crippen molar-refractivity contribution in [2.75, 3.05) is 37.0 Å². The van der Waals surface area contributed by atoms with Crippen LogP contribution in [0.4, 0.5) is 20.6 Å². The van der Waals surface area contributed by atoms with Gasteiger partial charge in [0.1, 0.15) is 17.2 Å². The molecule has 7 nitrogen and oxygen atoms in total. The average Bonchev–Trinajstić information content (AvgIpc) is 3.30. The first kappa shape index (κ1) is 28.0. The summed E-state index contributed by atoms with van der Waals surface area (Å²) in [5.74, 6) is 0.0873. The summed E-state index contributed by atoms with van der Waals surface area (Å²) < 4.78 is 26.2. The highest BCUT2D eigenvalue weighted by Crippen LogP contribution is 2.29. The van der Waals surface area contributed by atoms with E-state index in [-0.39, 0.29) is 24.1 Å². The minimum absolute atomic E-state index is 0.0747. The number of hydrogen-bond acceptors (Lipinski definition) is 5. The van der Waals surface area contributed by atoms with Crippen LogP contribution >= 0.6 is 0 Å². The fourth-order valence-electron chi connectivity index (χ4n) is 4.06. The van der Waals surface area contributed by atoms with Crippen LogP contribution in [0.3, 0.4) is 0 Å². The van der Waals surface area contributed by atoms with Crippen LogP contribution in [-0.2, 0) is 9.53 Å². The van der Waals surface area contributed by atoms with Crippen LogP contribution in [-0.4, -0.2) is 61.8 Å². The van der Waals surface area contributed by atoms with E-state index in [0.29, 0.717) is 30.9 Å². The Kier molecular flexibility index (Phi) is 8.84. The largest absolute Gasteiger partial charge is 0.491 e. The highest BCUT2D eigenvalue weighted by Gasteiger charge is 2.32. The second-order valence-electron chi connectivity index (χ2n) is 10.6. The Morgan fingerprint density at radius 1 is 1.11 bits per heavy atom. The number of amides is 2. The molecule has 200 valence electrons. The third-order valence-electron chi connectivity index (χ3n) is 6.05. The fourth-order valence-corrected chi connectivity index (χ4v) is 4.06. The Hall–Kier alpha value is -3.55. The molecular weight excluding hydrogens is 473 g/mol. The second-order valence-corrected chi connectivity index (χ2v) is 10.6. The van der Waals surface area contributed by atoms with Crippen LogP contribution in [0, 0.1) is 5.82 Å². The van der Waals surface area contributed by atoms with Crippen LogP contribution < -0.4 is 14.5 Å². The summed E-state index contributed by atoms with van der Waals surface area (Å²) in [6, 6.07) is 12.2. The third-order valence-corrected chi connectivity index (χ3v) is 6.05. The smallest absolute Gasteiger partial charge is 0.410 e. The van der Waals surface area contributed by atoms with Gasteiger partial charge in [0, 0.05) is 38.9 Å². The molecule has 1 saturated heterocycles. The zero-order chi connectivity index (χ0) is 27.3. The highest BCUT2D eigenvalue weighted by molar-refractivity contribution is 6.03. The lowest BCUT2D eigenvalue weighted by Gasteiger charge is -2.29. The molecular formula is C29H38FN3O4. The van der Waals surface area contributed by atoms with Gasteiger partial charge in [-0.1, -0.05) is 12.1 Å². The van der Waals surface area contributed by atoms with Crippen molar-refractivity contribution in [3.63, 3.8) is 0 Å². The van der Waals surface area contributed by atoms with E-state index in [2.05, 4.69) is 0 Å². The summed E-state index contributed by atoms with van der Waals surface area (Å²) in [6.45, 7) is 10.5. The van der Waals surface area contributed by atoms with Crippen molar-refractivity contribution in [3.8, 4) is 5.75 Å². The van der Waals surface area contributed by atoms with Crippen LogP contribution in [0.25, 0.3) is 6.08 Å². The van der Waals surface area contributed by atoms with E-state index >= 15 is 4.39 Å². The molecule has 0 aromatic heterocycles. The number of carbonyl (C=O) groups is 2. The van der Waals surface area contributed by atoms with Crippen molar-refractivity contribution in [1.29, 1.82) is 0 Å². The number of nitrogens with zero attached hydrogens (tertiary/aromatic N) is 3. The molecule has 1 aliphatic rings. The molecule has 1 unspecified atom stereocenters. The van der Waals surface area contributed by atoms with E-state index in [1.54, 1.807) is 37.2 Å². The van der Waals surface area contributed by atoms with Gasteiger partial charge < -0.3 is 24.2 Å². The Morgan fingerprint density at radius 2 is 1.78 bits per heavy atom. The number of benzene rings is 2. The minimum atomic E-state index is -0.572. The van der Waals surface area contributed by atoms with Crippen LogP contribution in [0.2, 0.25) is 0 Å². The Balaban J connectivity index is 1.61. The van der Waals surface area contributed by atoms with Crippen molar-refractivity contribution in [3.05, 3.63) is 59.9 Å². The number of hydrogen-bond donors (Lipinski definition) is 0. The second kappa shape index (κ2) is 11.7. The van der Waals surface area contributed by atoms with E-state index in [0.717, 1.165) is 11.3 Å². The maximum absolute atomic E-state index is 15.1. The van der Waals surface area contributed by atoms with Crippen molar-refractivity contribution < 1.29 is 23.5 Å². The lowest BCUT2D eigenvalue weighted by Crippen LogP contribution is -2.42. The van der Waals surface area contributed by atoms with Gasteiger partial charge >= 0.3 is 6.09 Å². The van der Waals surface area contributed by atoms with Crippen LogP contribution in [0.5, 0.6) is 5.75 Å². The first-order chi connectivity index (χ1) is 17.3. The molecule has 0 saturated carbocycles. The van der Waals surface area contributed by atoms with Gasteiger partial charge in [-0.15, -0.1) is 0 Å². The summed E-state index contributed by atoms with van der Waals surface area (Å²) in [4.78, 5) is 30.0. The topological polar surface area (TPSA) is 62.3 Å². The molecule has 2 aromatic rings. The fraction of sp³-hybridized carbons (Fsp3) is 0.448. The molecule has 0 bridgehead atoms. The zero-order valence-corrected chi connectivity index (χ0v) is 22.8. The summed E-state index contributed by atoms with van der Waals surface area (Å²) in [6.07, 6.45) is 3.60. The van der Waals surface area contributed by atoms with E-state index in [1.165, 1.54) is 17.0 Å². The first-order valence-corrected chi connectivity index (χ1v) is 12.6. The van der Waals surface area contributed by atoms with Crippen molar-refractivity contribution in [2.24, 2.45) is 0 Å². The summed E-state index contributed by atoms with van der Waals surface area (Å²) in [5, 5.41) is 0. The molecule has 2 aromatic carbocycles. The number of carbonyl (C=O) groups excluding carboxylic acids is 2. The van der Waals surface area contributed by atoms with E-state index < -0.39 is 11.4 Å². The molecule has 1 atom stereocenters. The molecule has 37 heavy (non-hydrogen) atoms. The monoisotopic (exact) mass is 511 g/mol. The summed E-state index contributed by atoms with van der Waals surface area (Å²) >= 11 is 0. The number of rotatable bonds is 7. The minimum Gasteiger partial charge on any atom is -0.491 e. The molecule has 1 heterocycles.